The van der Waals surface area contributed by atoms with Crippen LogP contribution in [0.4, 0.5) is 4.39 Å². The summed E-state index contributed by atoms with van der Waals surface area (Å²) >= 11 is 0. The number of aryl methyl sites for hydroxylation is 1. The minimum atomic E-state index is -0.801. The Kier molecular flexibility index (Phi) is 9.05. The lowest BCUT2D eigenvalue weighted by Gasteiger charge is -2.44. The van der Waals surface area contributed by atoms with Crippen LogP contribution in [-0.2, 0) is 0 Å². The Hall–Kier alpha value is -1.50. The van der Waals surface area contributed by atoms with Gasteiger partial charge in [-0.05, 0) is 65.4 Å². The largest absolute Gasteiger partial charge is 0.389 e. The molecule has 1 aliphatic rings. The average Bonchev–Trinajstić information content (AvgIpc) is 2.59. The minimum absolute atomic E-state index is 0.233. The summed E-state index contributed by atoms with van der Waals surface area (Å²) in [5.41, 5.74) is -0.0438. The van der Waals surface area contributed by atoms with Crippen LogP contribution in [0.2, 0.25) is 0 Å². The van der Waals surface area contributed by atoms with Crippen LogP contribution in [-0.4, -0.2) is 72.2 Å². The first-order chi connectivity index (χ1) is 13.0. The highest BCUT2D eigenvalue weighted by atomic mass is 19.1. The predicted molar refractivity (Wildman–Crippen MR) is 113 cm³/mol. The number of rotatable bonds is 6. The van der Waals surface area contributed by atoms with Gasteiger partial charge >= 0.3 is 0 Å². The normalized spacial score (nSPS) is 17.1. The molecule has 1 aliphatic heterocycles. The van der Waals surface area contributed by atoms with Crippen LogP contribution in [0.25, 0.3) is 0 Å². The molecule has 0 aromatic heterocycles. The Morgan fingerprint density at radius 1 is 1.32 bits per heavy atom. The third-order valence-electron chi connectivity index (χ3n) is 5.00. The smallest absolute Gasteiger partial charge is 0.252 e. The standard InChI is InChI=1S/C20H32FN3O2.C2H6/c1-15-6-7-16(21)12-17(15)18(25)22-20(8-10-23(4)11-9-20)14-24(5)13-19(2,3)26;1-2/h6-7,12,26H,8-11,13-14H2,1-5H3,(H,22,25);1-2H3. The third-order valence-corrected chi connectivity index (χ3v) is 5.00. The number of carbonyl (C=O) groups is 1. The van der Waals surface area contributed by atoms with Crippen molar-refractivity contribution in [1.29, 1.82) is 0 Å². The van der Waals surface area contributed by atoms with Crippen molar-refractivity contribution < 1.29 is 14.3 Å². The number of hydrogen-bond donors (Lipinski definition) is 2. The van der Waals surface area contributed by atoms with Crippen molar-refractivity contribution in [2.75, 3.05) is 40.3 Å². The minimum Gasteiger partial charge on any atom is -0.389 e. The maximum absolute atomic E-state index is 13.6. The molecule has 6 heteroatoms. The van der Waals surface area contributed by atoms with E-state index in [1.807, 2.05) is 27.8 Å². The molecule has 0 saturated carbocycles. The molecule has 1 aromatic rings. The molecule has 28 heavy (non-hydrogen) atoms. The molecule has 2 rings (SSSR count). The number of hydrogen-bond acceptors (Lipinski definition) is 4. The van der Waals surface area contributed by atoms with E-state index in [0.29, 0.717) is 18.7 Å². The van der Waals surface area contributed by atoms with Gasteiger partial charge in [0.05, 0.1) is 11.1 Å². The monoisotopic (exact) mass is 395 g/mol. The lowest BCUT2D eigenvalue weighted by molar-refractivity contribution is 0.0276. The molecule has 2 N–H and O–H groups in total. The van der Waals surface area contributed by atoms with E-state index in [4.69, 9.17) is 0 Å². The number of aliphatic hydroxyl groups is 1. The molecule has 0 spiro atoms. The summed E-state index contributed by atoms with van der Waals surface area (Å²) < 4.78 is 13.6. The van der Waals surface area contributed by atoms with Crippen LogP contribution in [0.15, 0.2) is 18.2 Å². The molecule has 1 fully saturated rings. The summed E-state index contributed by atoms with van der Waals surface area (Å²) in [6.45, 7) is 12.3. The fourth-order valence-electron chi connectivity index (χ4n) is 3.75. The Morgan fingerprint density at radius 2 is 1.89 bits per heavy atom. The van der Waals surface area contributed by atoms with Gasteiger partial charge in [-0.3, -0.25) is 4.79 Å². The second kappa shape index (κ2) is 10.3. The fraction of sp³-hybridized carbons (Fsp3) is 0.682. The van der Waals surface area contributed by atoms with E-state index in [2.05, 4.69) is 22.2 Å². The van der Waals surface area contributed by atoms with Crippen LogP contribution in [0.3, 0.4) is 0 Å². The zero-order valence-electron chi connectivity index (χ0n) is 18.6. The zero-order chi connectivity index (χ0) is 21.5. The van der Waals surface area contributed by atoms with E-state index in [0.717, 1.165) is 31.5 Å². The summed E-state index contributed by atoms with van der Waals surface area (Å²) in [4.78, 5) is 17.2. The molecule has 1 aromatic carbocycles. The first-order valence-electron chi connectivity index (χ1n) is 10.2. The number of piperidine rings is 1. The molecular formula is C22H38FN3O2. The summed E-state index contributed by atoms with van der Waals surface area (Å²) in [5.74, 6) is -0.638. The van der Waals surface area contributed by atoms with Gasteiger partial charge in [-0.1, -0.05) is 19.9 Å². The van der Waals surface area contributed by atoms with Crippen molar-refractivity contribution in [2.24, 2.45) is 0 Å². The summed E-state index contributed by atoms with van der Waals surface area (Å²) in [6, 6.07) is 4.30. The summed E-state index contributed by atoms with van der Waals surface area (Å²) in [7, 11) is 4.03. The van der Waals surface area contributed by atoms with Crippen LogP contribution in [0.1, 0.15) is 56.5 Å². The van der Waals surface area contributed by atoms with E-state index in [1.54, 1.807) is 19.9 Å². The molecule has 0 bridgehead atoms. The molecule has 1 heterocycles. The lowest BCUT2D eigenvalue weighted by atomic mass is 9.86. The molecular weight excluding hydrogens is 357 g/mol. The molecule has 160 valence electrons. The molecule has 5 nitrogen and oxygen atoms in total. The molecule has 0 unspecified atom stereocenters. The van der Waals surface area contributed by atoms with Crippen molar-refractivity contribution in [3.05, 3.63) is 35.1 Å². The molecule has 1 amide bonds. The van der Waals surface area contributed by atoms with E-state index < -0.39 is 11.4 Å². The molecule has 0 atom stereocenters. The first-order valence-corrected chi connectivity index (χ1v) is 10.2. The lowest BCUT2D eigenvalue weighted by Crippen LogP contribution is -2.60. The maximum atomic E-state index is 13.6. The highest BCUT2D eigenvalue weighted by Gasteiger charge is 2.37. The second-order valence-electron chi connectivity index (χ2n) is 8.48. The first kappa shape index (κ1) is 24.5. The van der Waals surface area contributed by atoms with Gasteiger partial charge in [0, 0.05) is 31.7 Å². The van der Waals surface area contributed by atoms with Crippen molar-refractivity contribution in [3.8, 4) is 0 Å². The van der Waals surface area contributed by atoms with Gasteiger partial charge in [-0.25, -0.2) is 4.39 Å². The number of halogens is 1. The highest BCUT2D eigenvalue weighted by Crippen LogP contribution is 2.24. The van der Waals surface area contributed by atoms with Crippen molar-refractivity contribution in [3.63, 3.8) is 0 Å². The molecule has 0 aliphatic carbocycles. The molecule has 0 radical (unpaired) electrons. The topological polar surface area (TPSA) is 55.8 Å². The van der Waals surface area contributed by atoms with Crippen LogP contribution in [0.5, 0.6) is 0 Å². The van der Waals surface area contributed by atoms with Gasteiger partial charge in [0.1, 0.15) is 5.82 Å². The number of likely N-dealkylation sites (tertiary alicyclic amines) is 1. The van der Waals surface area contributed by atoms with E-state index >= 15 is 0 Å². The Labute approximate surface area is 169 Å². The number of nitrogens with one attached hydrogen (secondary N) is 1. The Balaban J connectivity index is 0.00000190. The zero-order valence-corrected chi connectivity index (χ0v) is 18.6. The van der Waals surface area contributed by atoms with Crippen LogP contribution >= 0.6 is 0 Å². The number of likely N-dealkylation sites (N-methyl/N-ethyl adjacent to an activating group) is 1. The van der Waals surface area contributed by atoms with Crippen LogP contribution in [0, 0.1) is 12.7 Å². The number of carbonyl (C=O) groups excluding carboxylic acids is 1. The second-order valence-corrected chi connectivity index (χ2v) is 8.48. The van der Waals surface area contributed by atoms with E-state index in [9.17, 15) is 14.3 Å². The average molecular weight is 396 g/mol. The summed E-state index contributed by atoms with van der Waals surface area (Å²) in [5, 5.41) is 13.3. The van der Waals surface area contributed by atoms with E-state index in [1.165, 1.54) is 12.1 Å². The molecule has 1 saturated heterocycles. The Bertz CT molecular complexity index is 635. The highest BCUT2D eigenvalue weighted by molar-refractivity contribution is 5.96. The van der Waals surface area contributed by atoms with Gasteiger partial charge < -0.3 is 20.2 Å². The van der Waals surface area contributed by atoms with Gasteiger partial charge in [0.25, 0.3) is 5.91 Å². The summed E-state index contributed by atoms with van der Waals surface area (Å²) in [6.07, 6.45) is 1.64. The Morgan fingerprint density at radius 3 is 2.43 bits per heavy atom. The number of amides is 1. The SMILES string of the molecule is CC.Cc1ccc(F)cc1C(=O)NC1(CN(C)CC(C)(C)O)CCN(C)CC1. The predicted octanol–water partition coefficient (Wildman–Crippen LogP) is 3.06. The number of nitrogens with zero attached hydrogens (tertiary/aromatic N) is 2. The van der Waals surface area contributed by atoms with E-state index in [-0.39, 0.29) is 11.4 Å². The van der Waals surface area contributed by atoms with Gasteiger partial charge in [-0.15, -0.1) is 0 Å². The van der Waals surface area contributed by atoms with Crippen LogP contribution < -0.4 is 5.32 Å². The van der Waals surface area contributed by atoms with Gasteiger partial charge in [0.2, 0.25) is 0 Å². The maximum Gasteiger partial charge on any atom is 0.252 e. The number of benzene rings is 1. The van der Waals surface area contributed by atoms with Gasteiger partial charge in [0.15, 0.2) is 0 Å². The van der Waals surface area contributed by atoms with Crippen molar-refractivity contribution in [1.82, 2.24) is 15.1 Å². The quantitative estimate of drug-likeness (QED) is 0.777. The third kappa shape index (κ3) is 7.49. The fourth-order valence-corrected chi connectivity index (χ4v) is 3.75. The van der Waals surface area contributed by atoms with Gasteiger partial charge in [-0.2, -0.15) is 0 Å². The van der Waals surface area contributed by atoms with Crippen molar-refractivity contribution in [2.45, 2.75) is 58.6 Å². The van der Waals surface area contributed by atoms with Crippen molar-refractivity contribution >= 4 is 5.91 Å².